The number of hydrogen-bond acceptors (Lipinski definition) is 5. The van der Waals surface area contributed by atoms with Gasteiger partial charge in [0.15, 0.2) is 0 Å². The van der Waals surface area contributed by atoms with E-state index in [0.717, 1.165) is 21.6 Å². The van der Waals surface area contributed by atoms with Crippen molar-refractivity contribution in [3.63, 3.8) is 0 Å². The molecule has 0 unspecified atom stereocenters. The molecule has 5 nitrogen and oxygen atoms in total. The zero-order chi connectivity index (χ0) is 22.6. The number of carboxylic acids is 1. The summed E-state index contributed by atoms with van der Waals surface area (Å²) in [6.45, 7) is 1.59. The minimum atomic E-state index is -0.762. The second-order valence-corrected chi connectivity index (χ2v) is 10.7. The Morgan fingerprint density at radius 1 is 1.12 bits per heavy atom. The van der Waals surface area contributed by atoms with Crippen LogP contribution < -0.4 is 0 Å². The summed E-state index contributed by atoms with van der Waals surface area (Å²) in [4.78, 5) is 23.5. The van der Waals surface area contributed by atoms with Crippen molar-refractivity contribution in [1.29, 1.82) is 0 Å². The number of carbonyl (C=O) groups is 1. The second kappa shape index (κ2) is 7.99. The van der Waals surface area contributed by atoms with Crippen molar-refractivity contribution >= 4 is 27.7 Å². The van der Waals surface area contributed by atoms with E-state index in [9.17, 15) is 9.18 Å². The maximum Gasteiger partial charge on any atom is 0.309 e. The van der Waals surface area contributed by atoms with Crippen molar-refractivity contribution in [2.45, 2.75) is 44.1 Å². The fraction of sp³-hybridized carbons (Fsp3) is 0.423. The molecule has 170 valence electrons. The summed E-state index contributed by atoms with van der Waals surface area (Å²) in [6.07, 6.45) is 11.0. The Labute approximate surface area is 196 Å². The van der Waals surface area contributed by atoms with Gasteiger partial charge in [0.05, 0.1) is 17.0 Å². The first-order valence-electron chi connectivity index (χ1n) is 11.7. The van der Waals surface area contributed by atoms with E-state index in [0.29, 0.717) is 36.1 Å². The van der Waals surface area contributed by atoms with Gasteiger partial charge in [0.25, 0.3) is 0 Å². The van der Waals surface area contributed by atoms with Gasteiger partial charge in [-0.1, -0.05) is 48.8 Å². The SMILES string of the molecule is O=C(O)C1CN(Cc2ccc(-c3nc4ccc(C5(C6CCCCC6)C=C5)nc4s3)c(F)c2)C1. The summed E-state index contributed by atoms with van der Waals surface area (Å²) in [7, 11) is 0. The number of benzene rings is 1. The van der Waals surface area contributed by atoms with Gasteiger partial charge in [-0.2, -0.15) is 0 Å². The van der Waals surface area contributed by atoms with Crippen LogP contribution in [0.1, 0.15) is 43.4 Å². The van der Waals surface area contributed by atoms with E-state index in [2.05, 4.69) is 23.2 Å². The molecule has 1 saturated carbocycles. The lowest BCUT2D eigenvalue weighted by molar-refractivity contribution is -0.147. The van der Waals surface area contributed by atoms with E-state index in [4.69, 9.17) is 10.1 Å². The molecule has 0 radical (unpaired) electrons. The standard InChI is InChI=1S/C26H26FN3O2S/c27-20-12-16(13-30-14-17(15-30)25(31)32)6-7-19(20)23-28-21-8-9-22(29-24(21)33-23)26(10-11-26)18-4-2-1-3-5-18/h6-12,17-18H,1-5,13-15H2,(H,31,32). The molecule has 2 fully saturated rings. The van der Waals surface area contributed by atoms with E-state index in [1.807, 2.05) is 17.0 Å². The van der Waals surface area contributed by atoms with Gasteiger partial charge in [-0.25, -0.2) is 14.4 Å². The van der Waals surface area contributed by atoms with Gasteiger partial charge >= 0.3 is 5.97 Å². The van der Waals surface area contributed by atoms with Crippen LogP contribution in [-0.2, 0) is 16.8 Å². The van der Waals surface area contributed by atoms with Crippen LogP contribution in [0, 0.1) is 17.7 Å². The minimum Gasteiger partial charge on any atom is -0.481 e. The van der Waals surface area contributed by atoms with Gasteiger partial charge in [-0.05, 0) is 48.6 Å². The van der Waals surface area contributed by atoms with E-state index >= 15 is 0 Å². The molecule has 3 heterocycles. The number of nitrogens with zero attached hydrogens (tertiary/aromatic N) is 3. The molecule has 33 heavy (non-hydrogen) atoms. The number of fused-ring (bicyclic) bond motifs is 1. The topological polar surface area (TPSA) is 66.3 Å². The Kier molecular flexibility index (Phi) is 5.07. The third kappa shape index (κ3) is 3.77. The Bertz CT molecular complexity index is 1250. The van der Waals surface area contributed by atoms with Gasteiger partial charge in [-0.15, -0.1) is 0 Å². The molecule has 2 aromatic heterocycles. The molecule has 1 aliphatic heterocycles. The Balaban J connectivity index is 1.22. The number of aliphatic carboxylic acids is 1. The Morgan fingerprint density at radius 3 is 2.61 bits per heavy atom. The fourth-order valence-corrected chi connectivity index (χ4v) is 6.40. The smallest absolute Gasteiger partial charge is 0.309 e. The highest BCUT2D eigenvalue weighted by Gasteiger charge is 2.45. The number of aromatic nitrogens is 2. The molecule has 0 bridgehead atoms. The third-order valence-electron chi connectivity index (χ3n) is 7.48. The highest BCUT2D eigenvalue weighted by atomic mass is 32.1. The van der Waals surface area contributed by atoms with Crippen molar-refractivity contribution < 1.29 is 14.3 Å². The maximum atomic E-state index is 15.0. The summed E-state index contributed by atoms with van der Waals surface area (Å²) in [5.41, 5.74) is 3.25. The monoisotopic (exact) mass is 463 g/mol. The normalized spacial score (nSPS) is 20.8. The molecule has 2 aliphatic carbocycles. The zero-order valence-corrected chi connectivity index (χ0v) is 19.2. The average Bonchev–Trinajstić information content (AvgIpc) is 3.49. The van der Waals surface area contributed by atoms with Crippen molar-refractivity contribution in [3.8, 4) is 10.6 Å². The van der Waals surface area contributed by atoms with Crippen LogP contribution in [0.2, 0.25) is 0 Å². The number of halogens is 1. The van der Waals surface area contributed by atoms with Crippen molar-refractivity contribution in [3.05, 3.63) is 59.6 Å². The summed E-state index contributed by atoms with van der Waals surface area (Å²) in [5.74, 6) is -0.727. The number of rotatable bonds is 6. The lowest BCUT2D eigenvalue weighted by Crippen LogP contribution is -2.49. The maximum absolute atomic E-state index is 15.0. The zero-order valence-electron chi connectivity index (χ0n) is 18.3. The molecule has 3 aromatic rings. The molecular weight excluding hydrogens is 437 g/mol. The predicted molar refractivity (Wildman–Crippen MR) is 127 cm³/mol. The quantitative estimate of drug-likeness (QED) is 0.496. The number of hydrogen-bond donors (Lipinski definition) is 1. The minimum absolute atomic E-state index is 0.0160. The van der Waals surface area contributed by atoms with Gasteiger partial charge < -0.3 is 5.11 Å². The predicted octanol–water partition coefficient (Wildman–Crippen LogP) is 5.40. The molecule has 0 amide bonds. The Morgan fingerprint density at radius 2 is 1.91 bits per heavy atom. The average molecular weight is 464 g/mol. The highest BCUT2D eigenvalue weighted by Crippen LogP contribution is 2.50. The van der Waals surface area contributed by atoms with Crippen LogP contribution in [-0.4, -0.2) is 39.0 Å². The lowest BCUT2D eigenvalue weighted by atomic mass is 9.74. The van der Waals surface area contributed by atoms with E-state index in [1.54, 1.807) is 12.1 Å². The van der Waals surface area contributed by atoms with Crippen LogP contribution in [0.5, 0.6) is 0 Å². The molecule has 6 rings (SSSR count). The molecule has 0 atom stereocenters. The number of allylic oxidation sites excluding steroid dienone is 2. The summed E-state index contributed by atoms with van der Waals surface area (Å²) < 4.78 is 15.0. The van der Waals surface area contributed by atoms with Crippen LogP contribution in [0.15, 0.2) is 42.5 Å². The summed E-state index contributed by atoms with van der Waals surface area (Å²) in [5, 5.41) is 9.66. The summed E-state index contributed by atoms with van der Waals surface area (Å²) in [6, 6.07) is 9.35. The molecule has 3 aliphatic rings. The van der Waals surface area contributed by atoms with E-state index in [1.165, 1.54) is 43.4 Å². The molecule has 1 saturated heterocycles. The van der Waals surface area contributed by atoms with E-state index < -0.39 is 5.97 Å². The highest BCUT2D eigenvalue weighted by molar-refractivity contribution is 7.21. The largest absolute Gasteiger partial charge is 0.481 e. The fourth-order valence-electron chi connectivity index (χ4n) is 5.44. The first kappa shape index (κ1) is 20.9. The number of pyridine rings is 1. The second-order valence-electron chi connectivity index (χ2n) is 9.68. The van der Waals surface area contributed by atoms with Gasteiger partial charge in [-0.3, -0.25) is 9.69 Å². The van der Waals surface area contributed by atoms with Gasteiger partial charge in [0, 0.05) is 25.2 Å². The molecular formula is C26H26FN3O2S. The van der Waals surface area contributed by atoms with Gasteiger partial charge in [0.2, 0.25) is 0 Å². The summed E-state index contributed by atoms with van der Waals surface area (Å²) >= 11 is 1.44. The third-order valence-corrected chi connectivity index (χ3v) is 8.48. The van der Waals surface area contributed by atoms with Crippen molar-refractivity contribution in [2.75, 3.05) is 13.1 Å². The molecule has 1 aromatic carbocycles. The number of likely N-dealkylation sites (tertiary alicyclic amines) is 1. The first-order chi connectivity index (χ1) is 16.0. The van der Waals surface area contributed by atoms with Gasteiger partial charge in [0.1, 0.15) is 21.2 Å². The van der Waals surface area contributed by atoms with Crippen LogP contribution >= 0.6 is 11.3 Å². The molecule has 7 heteroatoms. The van der Waals surface area contributed by atoms with Crippen LogP contribution in [0.4, 0.5) is 4.39 Å². The number of thiazole rings is 1. The van der Waals surface area contributed by atoms with Crippen LogP contribution in [0.25, 0.3) is 20.9 Å². The number of carboxylic acid groups (broad SMARTS) is 1. The van der Waals surface area contributed by atoms with Crippen molar-refractivity contribution in [2.24, 2.45) is 11.8 Å². The first-order valence-corrected chi connectivity index (χ1v) is 12.6. The van der Waals surface area contributed by atoms with E-state index in [-0.39, 0.29) is 17.2 Å². The lowest BCUT2D eigenvalue weighted by Gasteiger charge is -2.36. The van der Waals surface area contributed by atoms with Crippen molar-refractivity contribution in [1.82, 2.24) is 14.9 Å². The molecule has 0 spiro atoms. The Hall–Kier alpha value is -2.64. The molecule has 1 N–H and O–H groups in total. The van der Waals surface area contributed by atoms with Crippen LogP contribution in [0.3, 0.4) is 0 Å².